The van der Waals surface area contributed by atoms with Crippen molar-refractivity contribution >= 4 is 21.4 Å². The molecule has 1 aromatic heterocycles. The molecule has 0 amide bonds. The summed E-state index contributed by atoms with van der Waals surface area (Å²) in [6.07, 6.45) is 4.57. The monoisotopic (exact) mass is 323 g/mol. The average molecular weight is 323 g/mol. The first-order valence-electron chi connectivity index (χ1n) is 6.06. The summed E-state index contributed by atoms with van der Waals surface area (Å²) < 4.78 is 23.4. The molecular weight excluding hydrogens is 310 g/mol. The Hall–Kier alpha value is -2.59. The van der Waals surface area contributed by atoms with E-state index in [9.17, 15) is 18.5 Å². The topological polar surface area (TPSA) is 132 Å². The summed E-state index contributed by atoms with van der Waals surface area (Å²) in [4.78, 5) is 19.4. The van der Waals surface area contributed by atoms with E-state index in [1.807, 2.05) is 0 Å². The van der Waals surface area contributed by atoms with Crippen molar-refractivity contribution in [2.75, 3.05) is 11.9 Å². The van der Waals surface area contributed by atoms with E-state index in [1.165, 1.54) is 24.5 Å². The van der Waals surface area contributed by atoms with Crippen LogP contribution in [-0.4, -0.2) is 30.4 Å². The van der Waals surface area contributed by atoms with Gasteiger partial charge in [0.2, 0.25) is 10.0 Å². The molecule has 116 valence electrons. The lowest BCUT2D eigenvalue weighted by Crippen LogP contribution is -2.22. The van der Waals surface area contributed by atoms with Crippen molar-refractivity contribution in [3.05, 3.63) is 52.6 Å². The number of rotatable bonds is 5. The summed E-state index contributed by atoms with van der Waals surface area (Å²) in [7, 11) is -2.48. The van der Waals surface area contributed by atoms with Crippen LogP contribution in [0.3, 0.4) is 0 Å². The molecule has 1 aromatic carbocycles. The number of nitrogens with zero attached hydrogens (tertiary/aromatic N) is 4. The van der Waals surface area contributed by atoms with Crippen molar-refractivity contribution < 1.29 is 13.3 Å². The van der Waals surface area contributed by atoms with E-state index in [0.29, 0.717) is 5.69 Å². The Bertz CT molecular complexity index is 794. The van der Waals surface area contributed by atoms with Crippen LogP contribution in [0.25, 0.3) is 0 Å². The van der Waals surface area contributed by atoms with Crippen molar-refractivity contribution in [1.82, 2.24) is 9.97 Å². The molecule has 0 spiro atoms. The number of non-ortho nitro benzene ring substituents is 1. The first-order chi connectivity index (χ1) is 10.3. The fourth-order valence-corrected chi connectivity index (χ4v) is 2.70. The van der Waals surface area contributed by atoms with E-state index in [0.717, 1.165) is 6.07 Å². The lowest BCUT2D eigenvalue weighted by molar-refractivity contribution is -0.385. The van der Waals surface area contributed by atoms with Gasteiger partial charge >= 0.3 is 0 Å². The van der Waals surface area contributed by atoms with Crippen molar-refractivity contribution in [2.24, 2.45) is 5.14 Å². The van der Waals surface area contributed by atoms with Crippen LogP contribution in [0.4, 0.5) is 11.4 Å². The smallest absolute Gasteiger partial charge is 0.270 e. The molecule has 0 radical (unpaired) electrons. The van der Waals surface area contributed by atoms with Gasteiger partial charge in [-0.1, -0.05) is 0 Å². The highest BCUT2D eigenvalue weighted by Gasteiger charge is 2.21. The summed E-state index contributed by atoms with van der Waals surface area (Å²) in [5.41, 5.74) is 0.517. The molecule has 0 bridgehead atoms. The number of hydrogen-bond acceptors (Lipinski definition) is 7. The second-order valence-electron chi connectivity index (χ2n) is 4.51. The number of aromatic nitrogens is 2. The van der Waals surface area contributed by atoms with E-state index in [4.69, 9.17) is 5.14 Å². The fourth-order valence-electron chi connectivity index (χ4n) is 1.90. The minimum Gasteiger partial charge on any atom is -0.368 e. The lowest BCUT2D eigenvalue weighted by Gasteiger charge is -2.21. The second kappa shape index (κ2) is 6.03. The molecular formula is C12H13N5O4S. The number of nitro groups is 1. The molecule has 10 heteroatoms. The molecule has 9 nitrogen and oxygen atoms in total. The quantitative estimate of drug-likeness (QED) is 0.631. The van der Waals surface area contributed by atoms with Crippen LogP contribution in [0.5, 0.6) is 0 Å². The zero-order valence-corrected chi connectivity index (χ0v) is 12.4. The molecule has 22 heavy (non-hydrogen) atoms. The number of hydrogen-bond donors (Lipinski definition) is 1. The van der Waals surface area contributed by atoms with Gasteiger partial charge in [0.05, 0.1) is 29.0 Å². The number of benzene rings is 1. The average Bonchev–Trinajstić information content (AvgIpc) is 2.46. The number of nitrogens with two attached hydrogens (primary N) is 1. The van der Waals surface area contributed by atoms with Crippen molar-refractivity contribution in [1.29, 1.82) is 0 Å². The highest BCUT2D eigenvalue weighted by Crippen LogP contribution is 2.28. The molecule has 0 unspecified atom stereocenters. The number of sulfonamides is 1. The summed E-state index contributed by atoms with van der Waals surface area (Å²) in [6, 6.07) is 3.50. The molecule has 0 aliphatic carbocycles. The van der Waals surface area contributed by atoms with E-state index in [-0.39, 0.29) is 22.8 Å². The highest BCUT2D eigenvalue weighted by atomic mass is 32.2. The Morgan fingerprint density at radius 3 is 2.64 bits per heavy atom. The largest absolute Gasteiger partial charge is 0.368 e. The second-order valence-corrected chi connectivity index (χ2v) is 6.04. The van der Waals surface area contributed by atoms with E-state index in [2.05, 4.69) is 9.97 Å². The third-order valence-corrected chi connectivity index (χ3v) is 3.83. The van der Waals surface area contributed by atoms with Crippen LogP contribution in [0, 0.1) is 10.1 Å². The number of anilines is 1. The van der Waals surface area contributed by atoms with Gasteiger partial charge in [-0.2, -0.15) is 0 Å². The first kappa shape index (κ1) is 15.8. The van der Waals surface area contributed by atoms with Crippen LogP contribution >= 0.6 is 0 Å². The maximum atomic E-state index is 11.7. The van der Waals surface area contributed by atoms with Gasteiger partial charge in [-0.3, -0.25) is 20.1 Å². The van der Waals surface area contributed by atoms with Gasteiger partial charge in [0, 0.05) is 31.6 Å². The molecule has 2 aromatic rings. The molecule has 0 saturated heterocycles. The Balaban J connectivity index is 2.43. The van der Waals surface area contributed by atoms with E-state index >= 15 is 0 Å². The first-order valence-corrected chi connectivity index (χ1v) is 7.61. The Morgan fingerprint density at radius 2 is 2.09 bits per heavy atom. The van der Waals surface area contributed by atoms with Gasteiger partial charge in [-0.15, -0.1) is 0 Å². The van der Waals surface area contributed by atoms with Crippen LogP contribution in [0.15, 0.2) is 41.7 Å². The Morgan fingerprint density at radius 1 is 1.36 bits per heavy atom. The Labute approximate surface area is 126 Å². The highest BCUT2D eigenvalue weighted by molar-refractivity contribution is 7.89. The molecule has 2 rings (SSSR count). The van der Waals surface area contributed by atoms with Gasteiger partial charge < -0.3 is 4.90 Å². The third kappa shape index (κ3) is 3.54. The molecule has 0 aliphatic rings. The molecule has 1 heterocycles. The standard InChI is InChI=1S/C12H13N5O4S/c1-16(8-9-7-14-4-5-15-9)11-3-2-10(17(18)19)6-12(11)22(13,20)21/h2-7H,8H2,1H3,(H2,13,20,21). The van der Waals surface area contributed by atoms with Crippen LogP contribution in [0.2, 0.25) is 0 Å². The molecule has 0 saturated carbocycles. The molecule has 0 fully saturated rings. The van der Waals surface area contributed by atoms with Gasteiger partial charge in [0.25, 0.3) is 5.69 Å². The summed E-state index contributed by atoms with van der Waals surface area (Å²) in [6.45, 7) is 0.272. The number of primary sulfonamides is 1. The number of nitro benzene ring substituents is 1. The molecule has 0 atom stereocenters. The summed E-state index contributed by atoms with van der Waals surface area (Å²) in [5.74, 6) is 0. The summed E-state index contributed by atoms with van der Waals surface area (Å²) in [5, 5.41) is 15.9. The van der Waals surface area contributed by atoms with Crippen molar-refractivity contribution in [3.8, 4) is 0 Å². The fraction of sp³-hybridized carbons (Fsp3) is 0.167. The van der Waals surface area contributed by atoms with Crippen LogP contribution < -0.4 is 10.0 Å². The van der Waals surface area contributed by atoms with Crippen molar-refractivity contribution in [3.63, 3.8) is 0 Å². The van der Waals surface area contributed by atoms with Crippen molar-refractivity contribution in [2.45, 2.75) is 11.4 Å². The van der Waals surface area contributed by atoms with E-state index in [1.54, 1.807) is 18.1 Å². The lowest BCUT2D eigenvalue weighted by atomic mass is 10.2. The minimum absolute atomic E-state index is 0.249. The molecule has 0 aliphatic heterocycles. The van der Waals surface area contributed by atoms with Crippen LogP contribution in [0.1, 0.15) is 5.69 Å². The van der Waals surface area contributed by atoms with Gasteiger partial charge in [0.1, 0.15) is 4.90 Å². The minimum atomic E-state index is -4.11. The van der Waals surface area contributed by atoms with Crippen LogP contribution in [-0.2, 0) is 16.6 Å². The van der Waals surface area contributed by atoms with E-state index < -0.39 is 14.9 Å². The normalized spacial score (nSPS) is 11.2. The summed E-state index contributed by atoms with van der Waals surface area (Å²) >= 11 is 0. The van der Waals surface area contributed by atoms with Gasteiger partial charge in [-0.05, 0) is 6.07 Å². The zero-order valence-electron chi connectivity index (χ0n) is 11.6. The molecule has 2 N–H and O–H groups in total. The van der Waals surface area contributed by atoms with Gasteiger partial charge in [-0.25, -0.2) is 13.6 Å². The zero-order chi connectivity index (χ0) is 16.3. The van der Waals surface area contributed by atoms with Gasteiger partial charge in [0.15, 0.2) is 0 Å². The third-order valence-electron chi connectivity index (χ3n) is 2.89. The Kier molecular flexibility index (Phi) is 4.33. The predicted octanol–water partition coefficient (Wildman–Crippen LogP) is 0.669. The maximum Gasteiger partial charge on any atom is 0.270 e. The maximum absolute atomic E-state index is 11.7. The SMILES string of the molecule is CN(Cc1cnccn1)c1ccc([N+](=O)[O-])cc1S(N)(=O)=O. The predicted molar refractivity (Wildman–Crippen MR) is 78.6 cm³/mol.